The molecule has 0 aromatic carbocycles. The summed E-state index contributed by atoms with van der Waals surface area (Å²) in [6.07, 6.45) is 1.65. The van der Waals surface area contributed by atoms with Gasteiger partial charge in [0.05, 0.1) is 11.6 Å². The predicted molar refractivity (Wildman–Crippen MR) is 51.4 cm³/mol. The number of hydrogen-bond donors (Lipinski definition) is 1. The molecule has 0 spiro atoms. The van der Waals surface area contributed by atoms with E-state index in [1.54, 1.807) is 6.20 Å². The lowest BCUT2D eigenvalue weighted by Gasteiger charge is -2.10. The van der Waals surface area contributed by atoms with E-state index in [9.17, 15) is 8.42 Å². The van der Waals surface area contributed by atoms with Gasteiger partial charge in [-0.2, -0.15) is 12.7 Å². The molecule has 0 aliphatic rings. The zero-order valence-electron chi connectivity index (χ0n) is 7.39. The van der Waals surface area contributed by atoms with Gasteiger partial charge in [0.1, 0.15) is 0 Å². The van der Waals surface area contributed by atoms with Crippen molar-refractivity contribution in [2.75, 3.05) is 7.05 Å². The van der Waals surface area contributed by atoms with Crippen LogP contribution in [0, 0.1) is 6.92 Å². The Morgan fingerprint density at radius 3 is 2.69 bits per heavy atom. The zero-order valence-corrected chi connectivity index (χ0v) is 9.02. The quantitative estimate of drug-likeness (QED) is 0.785. The van der Waals surface area contributed by atoms with E-state index in [4.69, 9.17) is 5.14 Å². The molecule has 1 rings (SSSR count). The molecule has 0 amide bonds. The minimum absolute atomic E-state index is 0.282. The molecule has 7 heteroatoms. The Kier molecular flexibility index (Phi) is 3.01. The Labute approximate surface area is 81.4 Å². The first-order chi connectivity index (χ1) is 5.89. The largest absolute Gasteiger partial charge is 0.276 e. The first kappa shape index (κ1) is 10.6. The van der Waals surface area contributed by atoms with Crippen molar-refractivity contribution in [3.8, 4) is 0 Å². The van der Waals surface area contributed by atoms with E-state index in [1.807, 2.05) is 6.92 Å². The normalized spacial score (nSPS) is 12.3. The van der Waals surface area contributed by atoms with E-state index in [2.05, 4.69) is 4.98 Å². The second-order valence-corrected chi connectivity index (χ2v) is 5.62. The maximum Gasteiger partial charge on any atom is 0.276 e. The lowest BCUT2D eigenvalue weighted by atomic mass is 10.5. The second-order valence-electron chi connectivity index (χ2n) is 2.65. The monoisotopic (exact) mass is 221 g/mol. The van der Waals surface area contributed by atoms with Crippen LogP contribution in [-0.2, 0) is 16.8 Å². The highest BCUT2D eigenvalue weighted by molar-refractivity contribution is 7.86. The summed E-state index contributed by atoms with van der Waals surface area (Å²) in [5.74, 6) is 0. The van der Waals surface area contributed by atoms with Gasteiger partial charge in [-0.3, -0.25) is 0 Å². The molecule has 1 heterocycles. The number of aromatic nitrogens is 1. The molecule has 0 bridgehead atoms. The summed E-state index contributed by atoms with van der Waals surface area (Å²) in [5, 5.41) is 5.83. The maximum atomic E-state index is 10.8. The molecule has 1 aromatic heterocycles. The Hall–Kier alpha value is -0.500. The highest BCUT2D eigenvalue weighted by Crippen LogP contribution is 2.13. The number of rotatable bonds is 3. The van der Waals surface area contributed by atoms with E-state index in [0.717, 1.165) is 14.2 Å². The lowest BCUT2D eigenvalue weighted by molar-refractivity contribution is 0.470. The standard InChI is InChI=1S/C6H11N3O2S2/c1-5-8-3-6(12-5)4-9(2)13(7,10)11/h3H,4H2,1-2H3,(H2,7,10,11). The molecular formula is C6H11N3O2S2. The average Bonchev–Trinajstić information content (AvgIpc) is 2.33. The fourth-order valence-corrected chi connectivity index (χ4v) is 2.04. The Bertz CT molecular complexity index is 384. The van der Waals surface area contributed by atoms with Crippen LogP contribution in [0.4, 0.5) is 0 Å². The third-order valence-electron chi connectivity index (χ3n) is 1.48. The number of nitrogens with two attached hydrogens (primary N) is 1. The Morgan fingerprint density at radius 2 is 2.31 bits per heavy atom. The van der Waals surface area contributed by atoms with Crippen LogP contribution >= 0.6 is 11.3 Å². The van der Waals surface area contributed by atoms with Crippen molar-refractivity contribution in [3.63, 3.8) is 0 Å². The van der Waals surface area contributed by atoms with E-state index >= 15 is 0 Å². The van der Waals surface area contributed by atoms with Crippen LogP contribution in [0.2, 0.25) is 0 Å². The van der Waals surface area contributed by atoms with Gasteiger partial charge in [-0.15, -0.1) is 11.3 Å². The van der Waals surface area contributed by atoms with Crippen LogP contribution in [0.5, 0.6) is 0 Å². The van der Waals surface area contributed by atoms with Crippen LogP contribution in [0.1, 0.15) is 9.88 Å². The topological polar surface area (TPSA) is 76.3 Å². The maximum absolute atomic E-state index is 10.8. The van der Waals surface area contributed by atoms with Crippen LogP contribution in [0.25, 0.3) is 0 Å². The van der Waals surface area contributed by atoms with Gasteiger partial charge in [0, 0.05) is 18.1 Å². The number of aryl methyl sites for hydroxylation is 1. The van der Waals surface area contributed by atoms with Crippen LogP contribution in [0.15, 0.2) is 6.20 Å². The van der Waals surface area contributed by atoms with E-state index in [1.165, 1.54) is 18.4 Å². The van der Waals surface area contributed by atoms with Crippen molar-refractivity contribution in [1.29, 1.82) is 0 Å². The molecule has 74 valence electrons. The average molecular weight is 221 g/mol. The van der Waals surface area contributed by atoms with Gasteiger partial charge < -0.3 is 0 Å². The predicted octanol–water partition coefficient (Wildman–Crippen LogP) is 0.0868. The molecule has 13 heavy (non-hydrogen) atoms. The van der Waals surface area contributed by atoms with Crippen LogP contribution in [-0.4, -0.2) is 24.8 Å². The summed E-state index contributed by atoms with van der Waals surface area (Å²) in [4.78, 5) is 4.89. The molecule has 2 N–H and O–H groups in total. The molecule has 0 saturated carbocycles. The highest BCUT2D eigenvalue weighted by atomic mass is 32.2. The third kappa shape index (κ3) is 3.03. The number of nitrogens with zero attached hydrogens (tertiary/aromatic N) is 2. The molecule has 0 aliphatic carbocycles. The van der Waals surface area contributed by atoms with Crippen molar-refractivity contribution in [1.82, 2.24) is 9.29 Å². The smallest absolute Gasteiger partial charge is 0.250 e. The second kappa shape index (κ2) is 3.70. The molecule has 0 unspecified atom stereocenters. The fraction of sp³-hybridized carbons (Fsp3) is 0.500. The van der Waals surface area contributed by atoms with E-state index < -0.39 is 10.2 Å². The molecule has 5 nitrogen and oxygen atoms in total. The molecule has 1 aromatic rings. The van der Waals surface area contributed by atoms with E-state index in [0.29, 0.717) is 0 Å². The first-order valence-electron chi connectivity index (χ1n) is 3.55. The molecular weight excluding hydrogens is 210 g/mol. The summed E-state index contributed by atoms with van der Waals surface area (Å²) in [6.45, 7) is 2.15. The van der Waals surface area contributed by atoms with Gasteiger partial charge in [0.2, 0.25) is 0 Å². The summed E-state index contributed by atoms with van der Waals surface area (Å²) in [7, 11) is -2.14. The van der Waals surface area contributed by atoms with E-state index in [-0.39, 0.29) is 6.54 Å². The van der Waals surface area contributed by atoms with Crippen molar-refractivity contribution in [2.24, 2.45) is 5.14 Å². The third-order valence-corrected chi connectivity index (χ3v) is 3.38. The summed E-state index contributed by atoms with van der Waals surface area (Å²) in [5.41, 5.74) is 0. The van der Waals surface area contributed by atoms with Crippen molar-refractivity contribution >= 4 is 21.5 Å². The molecule has 0 radical (unpaired) electrons. The highest BCUT2D eigenvalue weighted by Gasteiger charge is 2.12. The lowest BCUT2D eigenvalue weighted by Crippen LogP contribution is -2.32. The van der Waals surface area contributed by atoms with Crippen molar-refractivity contribution in [2.45, 2.75) is 13.5 Å². The molecule has 0 saturated heterocycles. The summed E-state index contributed by atoms with van der Waals surface area (Å²) >= 11 is 1.46. The molecule has 0 fully saturated rings. The van der Waals surface area contributed by atoms with Gasteiger partial charge in [-0.05, 0) is 6.92 Å². The van der Waals surface area contributed by atoms with Gasteiger partial charge >= 0.3 is 0 Å². The fourth-order valence-electron chi connectivity index (χ4n) is 0.788. The van der Waals surface area contributed by atoms with Gasteiger partial charge in [0.25, 0.3) is 10.2 Å². The minimum atomic E-state index is -3.58. The molecule has 0 atom stereocenters. The van der Waals surface area contributed by atoms with Crippen molar-refractivity contribution < 1.29 is 8.42 Å². The van der Waals surface area contributed by atoms with Gasteiger partial charge in [0.15, 0.2) is 0 Å². The van der Waals surface area contributed by atoms with Crippen molar-refractivity contribution in [3.05, 3.63) is 16.1 Å². The van der Waals surface area contributed by atoms with Crippen LogP contribution < -0.4 is 5.14 Å². The van der Waals surface area contributed by atoms with Crippen LogP contribution in [0.3, 0.4) is 0 Å². The summed E-state index contributed by atoms with van der Waals surface area (Å²) in [6, 6.07) is 0. The SMILES string of the molecule is Cc1ncc(CN(C)S(N)(=O)=O)s1. The Balaban J connectivity index is 2.71. The minimum Gasteiger partial charge on any atom is -0.250 e. The van der Waals surface area contributed by atoms with Gasteiger partial charge in [-0.25, -0.2) is 10.1 Å². The molecule has 0 aliphatic heterocycles. The number of thiazole rings is 1. The zero-order chi connectivity index (χ0) is 10.1. The first-order valence-corrected chi connectivity index (χ1v) is 5.87. The summed E-state index contributed by atoms with van der Waals surface area (Å²) < 4.78 is 22.7. The van der Waals surface area contributed by atoms with Gasteiger partial charge in [-0.1, -0.05) is 0 Å². The Morgan fingerprint density at radius 1 is 1.69 bits per heavy atom. The number of hydrogen-bond acceptors (Lipinski definition) is 4.